The van der Waals surface area contributed by atoms with E-state index >= 15 is 0 Å². The number of benzene rings is 2. The lowest BCUT2D eigenvalue weighted by Crippen LogP contribution is -2.30. The topological polar surface area (TPSA) is 33.2 Å². The molecule has 1 heterocycles. The Labute approximate surface area is 146 Å². The van der Waals surface area contributed by atoms with Crippen molar-refractivity contribution in [3.63, 3.8) is 0 Å². The van der Waals surface area contributed by atoms with E-state index in [-0.39, 0.29) is 11.9 Å². The zero-order valence-corrected chi connectivity index (χ0v) is 14.6. The fourth-order valence-corrected chi connectivity index (χ4v) is 4.49. The molecule has 1 aliphatic rings. The van der Waals surface area contributed by atoms with Crippen LogP contribution in [0.2, 0.25) is 0 Å². The molecule has 4 rings (SSSR count). The number of hydrogen-bond donors (Lipinski definition) is 0. The number of carbonyl (C=O) groups is 1. The Morgan fingerprint density at radius 2 is 2.00 bits per heavy atom. The standard InChI is InChI=1S/C20H20N2OS/c1-22(17-11-10-14-6-2-3-7-15(14)17)20(23)13-12-19-21-16-8-4-5-9-18(16)24-19/h2-9,17H,10-13H2,1H3. The van der Waals surface area contributed by atoms with Crippen molar-refractivity contribution in [2.75, 3.05) is 7.05 Å². The maximum atomic E-state index is 12.6. The van der Waals surface area contributed by atoms with Crippen molar-refractivity contribution < 1.29 is 4.79 Å². The maximum absolute atomic E-state index is 12.6. The van der Waals surface area contributed by atoms with E-state index in [1.54, 1.807) is 11.3 Å². The molecular weight excluding hydrogens is 316 g/mol. The second-order valence-corrected chi connectivity index (χ2v) is 7.45. The van der Waals surface area contributed by atoms with Gasteiger partial charge in [0, 0.05) is 19.9 Å². The molecule has 1 aliphatic carbocycles. The Bertz CT molecular complexity index is 853. The first-order chi connectivity index (χ1) is 11.7. The van der Waals surface area contributed by atoms with E-state index in [4.69, 9.17) is 0 Å². The van der Waals surface area contributed by atoms with Crippen molar-refractivity contribution in [2.24, 2.45) is 0 Å². The largest absolute Gasteiger partial charge is 0.339 e. The van der Waals surface area contributed by atoms with E-state index in [0.717, 1.165) is 29.8 Å². The molecule has 1 unspecified atom stereocenters. The average Bonchev–Trinajstić information content (AvgIpc) is 3.22. The van der Waals surface area contributed by atoms with E-state index in [1.807, 2.05) is 30.1 Å². The van der Waals surface area contributed by atoms with Crippen molar-refractivity contribution in [3.05, 3.63) is 64.7 Å². The predicted molar refractivity (Wildman–Crippen MR) is 98.2 cm³/mol. The molecule has 1 aromatic heterocycles. The first kappa shape index (κ1) is 15.3. The second kappa shape index (κ2) is 6.36. The molecule has 4 heteroatoms. The molecule has 0 N–H and O–H groups in total. The van der Waals surface area contributed by atoms with Gasteiger partial charge in [-0.05, 0) is 36.1 Å². The van der Waals surface area contributed by atoms with E-state index in [9.17, 15) is 4.79 Å². The van der Waals surface area contributed by atoms with E-state index in [1.165, 1.54) is 15.8 Å². The molecule has 0 spiro atoms. The van der Waals surface area contributed by atoms with E-state index in [0.29, 0.717) is 6.42 Å². The number of rotatable bonds is 4. The number of nitrogens with zero attached hydrogens (tertiary/aromatic N) is 2. The number of thiazole rings is 1. The first-order valence-electron chi connectivity index (χ1n) is 8.40. The molecule has 3 nitrogen and oxygen atoms in total. The minimum absolute atomic E-state index is 0.205. The van der Waals surface area contributed by atoms with Gasteiger partial charge in [0.15, 0.2) is 0 Å². The molecule has 3 aromatic rings. The normalized spacial score (nSPS) is 16.3. The highest BCUT2D eigenvalue weighted by Crippen LogP contribution is 2.35. The van der Waals surface area contributed by atoms with Crippen molar-refractivity contribution in [2.45, 2.75) is 31.7 Å². The Kier molecular flexibility index (Phi) is 4.07. The van der Waals surface area contributed by atoms with Crippen LogP contribution in [0.1, 0.15) is 35.0 Å². The average molecular weight is 336 g/mol. The van der Waals surface area contributed by atoms with Crippen LogP contribution in [0, 0.1) is 0 Å². The van der Waals surface area contributed by atoms with Crippen LogP contribution >= 0.6 is 11.3 Å². The lowest BCUT2D eigenvalue weighted by atomic mass is 10.1. The van der Waals surface area contributed by atoms with Gasteiger partial charge in [-0.3, -0.25) is 4.79 Å². The van der Waals surface area contributed by atoms with Gasteiger partial charge < -0.3 is 4.90 Å². The van der Waals surface area contributed by atoms with Gasteiger partial charge in [-0.2, -0.15) is 0 Å². The second-order valence-electron chi connectivity index (χ2n) is 6.33. The van der Waals surface area contributed by atoms with Crippen LogP contribution < -0.4 is 0 Å². The number of carbonyl (C=O) groups excluding carboxylic acids is 1. The third-order valence-electron chi connectivity index (χ3n) is 4.85. The van der Waals surface area contributed by atoms with Crippen LogP contribution in [0.3, 0.4) is 0 Å². The van der Waals surface area contributed by atoms with Gasteiger partial charge in [-0.1, -0.05) is 36.4 Å². The summed E-state index contributed by atoms with van der Waals surface area (Å²) in [5.41, 5.74) is 3.73. The molecule has 1 amide bonds. The van der Waals surface area contributed by atoms with Gasteiger partial charge >= 0.3 is 0 Å². The van der Waals surface area contributed by atoms with Gasteiger partial charge in [-0.15, -0.1) is 11.3 Å². The van der Waals surface area contributed by atoms with Gasteiger partial charge in [0.05, 0.1) is 21.3 Å². The highest BCUT2D eigenvalue weighted by atomic mass is 32.1. The SMILES string of the molecule is CN(C(=O)CCc1nc2ccccc2s1)C1CCc2ccccc21. The van der Waals surface area contributed by atoms with Crippen LogP contribution in [-0.4, -0.2) is 22.8 Å². The molecule has 0 bridgehead atoms. The Hall–Kier alpha value is -2.20. The lowest BCUT2D eigenvalue weighted by molar-refractivity contribution is -0.132. The van der Waals surface area contributed by atoms with Gasteiger partial charge in [0.1, 0.15) is 0 Å². The van der Waals surface area contributed by atoms with Crippen LogP contribution in [0.15, 0.2) is 48.5 Å². The molecule has 0 saturated heterocycles. The van der Waals surface area contributed by atoms with Crippen molar-refractivity contribution in [3.8, 4) is 0 Å². The van der Waals surface area contributed by atoms with Crippen molar-refractivity contribution in [1.82, 2.24) is 9.88 Å². The first-order valence-corrected chi connectivity index (χ1v) is 9.22. The van der Waals surface area contributed by atoms with Crippen molar-refractivity contribution >= 4 is 27.5 Å². The Balaban J connectivity index is 1.43. The monoisotopic (exact) mass is 336 g/mol. The van der Waals surface area contributed by atoms with Crippen LogP contribution in [0.25, 0.3) is 10.2 Å². The summed E-state index contributed by atoms with van der Waals surface area (Å²) >= 11 is 1.69. The van der Waals surface area contributed by atoms with Gasteiger partial charge in [0.2, 0.25) is 5.91 Å². The van der Waals surface area contributed by atoms with Crippen LogP contribution in [-0.2, 0) is 17.6 Å². The van der Waals surface area contributed by atoms with Gasteiger partial charge in [0.25, 0.3) is 0 Å². The Morgan fingerprint density at radius 3 is 2.88 bits per heavy atom. The third-order valence-corrected chi connectivity index (χ3v) is 5.95. The summed E-state index contributed by atoms with van der Waals surface area (Å²) in [5, 5.41) is 1.05. The summed E-state index contributed by atoms with van der Waals surface area (Å²) in [6.07, 6.45) is 3.34. The van der Waals surface area contributed by atoms with E-state index in [2.05, 4.69) is 35.3 Å². The zero-order valence-electron chi connectivity index (χ0n) is 13.7. The van der Waals surface area contributed by atoms with Crippen molar-refractivity contribution in [1.29, 1.82) is 0 Å². The zero-order chi connectivity index (χ0) is 16.5. The smallest absolute Gasteiger partial charge is 0.223 e. The summed E-state index contributed by atoms with van der Waals surface area (Å²) < 4.78 is 1.19. The summed E-state index contributed by atoms with van der Waals surface area (Å²) in [4.78, 5) is 19.2. The number of amides is 1. The Morgan fingerprint density at radius 1 is 1.21 bits per heavy atom. The molecule has 0 radical (unpaired) electrons. The lowest BCUT2D eigenvalue weighted by Gasteiger charge is -2.25. The molecule has 24 heavy (non-hydrogen) atoms. The van der Waals surface area contributed by atoms with Gasteiger partial charge in [-0.25, -0.2) is 4.98 Å². The fraction of sp³-hybridized carbons (Fsp3) is 0.300. The highest BCUT2D eigenvalue weighted by molar-refractivity contribution is 7.18. The van der Waals surface area contributed by atoms with Crippen LogP contribution in [0.4, 0.5) is 0 Å². The highest BCUT2D eigenvalue weighted by Gasteiger charge is 2.28. The minimum atomic E-state index is 0.205. The molecule has 1 atom stereocenters. The summed E-state index contributed by atoms with van der Waals surface area (Å²) in [6, 6.07) is 16.8. The fourth-order valence-electron chi connectivity index (χ4n) is 3.53. The number of aryl methyl sites for hydroxylation is 2. The summed E-state index contributed by atoms with van der Waals surface area (Å²) in [7, 11) is 1.94. The third kappa shape index (κ3) is 2.82. The summed E-state index contributed by atoms with van der Waals surface area (Å²) in [6.45, 7) is 0. The number of hydrogen-bond acceptors (Lipinski definition) is 3. The molecule has 0 fully saturated rings. The molecule has 0 aliphatic heterocycles. The molecular formula is C20H20N2OS. The number of fused-ring (bicyclic) bond motifs is 2. The quantitative estimate of drug-likeness (QED) is 0.708. The summed E-state index contributed by atoms with van der Waals surface area (Å²) in [5.74, 6) is 0.205. The number of aromatic nitrogens is 1. The predicted octanol–water partition coefficient (Wildman–Crippen LogP) is 4.37. The molecule has 0 saturated carbocycles. The molecule has 2 aromatic carbocycles. The minimum Gasteiger partial charge on any atom is -0.339 e. The van der Waals surface area contributed by atoms with E-state index < -0.39 is 0 Å². The molecule has 122 valence electrons. The number of para-hydroxylation sites is 1. The van der Waals surface area contributed by atoms with Crippen LogP contribution in [0.5, 0.6) is 0 Å². The maximum Gasteiger partial charge on any atom is 0.223 e.